The molecule has 1 saturated heterocycles. The Balaban J connectivity index is 1.64. The van der Waals surface area contributed by atoms with Crippen molar-refractivity contribution in [2.45, 2.75) is 71.9 Å². The van der Waals surface area contributed by atoms with E-state index in [-0.39, 0.29) is 24.3 Å². The van der Waals surface area contributed by atoms with E-state index < -0.39 is 17.9 Å². The summed E-state index contributed by atoms with van der Waals surface area (Å²) in [5.74, 6) is -0.742. The van der Waals surface area contributed by atoms with Gasteiger partial charge < -0.3 is 30.0 Å². The predicted molar refractivity (Wildman–Crippen MR) is 141 cm³/mol. The van der Waals surface area contributed by atoms with Crippen LogP contribution in [0.15, 0.2) is 18.3 Å². The molecule has 3 N–H and O–H groups in total. The van der Waals surface area contributed by atoms with E-state index in [1.807, 2.05) is 6.92 Å². The summed E-state index contributed by atoms with van der Waals surface area (Å²) in [6.45, 7) is 9.38. The second-order valence-electron chi connectivity index (χ2n) is 9.51. The van der Waals surface area contributed by atoms with Crippen LogP contribution in [0.1, 0.15) is 78.1 Å². The number of nitrogens with one attached hydrogen (secondary N) is 3. The van der Waals surface area contributed by atoms with Crippen LogP contribution >= 0.6 is 0 Å². The number of H-pyrrole nitrogens is 1. The average Bonchev–Trinajstić information content (AvgIpc) is 3.18. The highest BCUT2D eigenvalue weighted by Crippen LogP contribution is 2.21. The van der Waals surface area contributed by atoms with Crippen LogP contribution in [-0.4, -0.2) is 71.5 Å². The summed E-state index contributed by atoms with van der Waals surface area (Å²) in [6, 6.07) is 2.74. The molecule has 1 atom stereocenters. The van der Waals surface area contributed by atoms with Crippen molar-refractivity contribution in [3.8, 4) is 5.88 Å². The van der Waals surface area contributed by atoms with Crippen molar-refractivity contribution >= 4 is 23.5 Å². The van der Waals surface area contributed by atoms with Gasteiger partial charge in [0.2, 0.25) is 11.8 Å². The molecule has 0 bridgehead atoms. The molecular formula is C27H39N5O5. The maximum atomic E-state index is 13.1. The van der Waals surface area contributed by atoms with Gasteiger partial charge in [0.25, 0.3) is 5.91 Å². The van der Waals surface area contributed by atoms with E-state index >= 15 is 0 Å². The number of pyridine rings is 1. The fourth-order valence-electron chi connectivity index (χ4n) is 4.42. The molecule has 202 valence electrons. The fraction of sp³-hybridized carbons (Fsp3) is 0.556. The third kappa shape index (κ3) is 7.55. The molecule has 0 aromatic carbocycles. The van der Waals surface area contributed by atoms with Crippen LogP contribution in [0, 0.1) is 13.8 Å². The van der Waals surface area contributed by atoms with Crippen molar-refractivity contribution in [3.63, 3.8) is 0 Å². The molecule has 1 aliphatic rings. The Labute approximate surface area is 218 Å². The first-order chi connectivity index (χ1) is 17.7. The summed E-state index contributed by atoms with van der Waals surface area (Å²) in [5.41, 5.74) is 2.15. The molecule has 0 saturated carbocycles. The Morgan fingerprint density at radius 1 is 1.19 bits per heavy atom. The third-order valence-electron chi connectivity index (χ3n) is 6.57. The molecule has 10 heteroatoms. The largest absolute Gasteiger partial charge is 0.474 e. The van der Waals surface area contributed by atoms with Gasteiger partial charge in [-0.05, 0) is 58.7 Å². The highest BCUT2D eigenvalue weighted by atomic mass is 16.5. The predicted octanol–water partition coefficient (Wildman–Crippen LogP) is 3.60. The number of likely N-dealkylation sites (tertiary alicyclic amines) is 1. The summed E-state index contributed by atoms with van der Waals surface area (Å²) in [6.07, 6.45) is 5.72. The summed E-state index contributed by atoms with van der Waals surface area (Å²) >= 11 is 0. The molecule has 3 heterocycles. The highest BCUT2D eigenvalue weighted by Gasteiger charge is 2.27. The van der Waals surface area contributed by atoms with Crippen molar-refractivity contribution in [3.05, 3.63) is 40.8 Å². The number of carbonyl (C=O) groups excluding carboxylic acids is 3. The van der Waals surface area contributed by atoms with Crippen molar-refractivity contribution in [2.75, 3.05) is 32.1 Å². The lowest BCUT2D eigenvalue weighted by molar-refractivity contribution is -0.118. The number of amides is 2. The molecule has 0 radical (unpaired) electrons. The van der Waals surface area contributed by atoms with E-state index in [1.54, 1.807) is 39.1 Å². The minimum Gasteiger partial charge on any atom is -0.474 e. The number of piperidine rings is 1. The molecule has 2 aromatic rings. The Kier molecular flexibility index (Phi) is 10.1. The minimum atomic E-state index is -0.753. The van der Waals surface area contributed by atoms with Crippen LogP contribution < -0.4 is 15.4 Å². The van der Waals surface area contributed by atoms with Gasteiger partial charge in [0.15, 0.2) is 0 Å². The molecular weight excluding hydrogens is 474 g/mol. The van der Waals surface area contributed by atoms with E-state index in [1.165, 1.54) is 0 Å². The second kappa shape index (κ2) is 13.2. The van der Waals surface area contributed by atoms with E-state index in [4.69, 9.17) is 9.47 Å². The molecule has 1 fully saturated rings. The molecule has 0 aliphatic carbocycles. The van der Waals surface area contributed by atoms with Gasteiger partial charge in [-0.3, -0.25) is 9.59 Å². The number of hydrogen-bond donors (Lipinski definition) is 3. The van der Waals surface area contributed by atoms with Crippen LogP contribution in [0.3, 0.4) is 0 Å². The van der Waals surface area contributed by atoms with Crippen LogP contribution in [0.5, 0.6) is 5.88 Å². The topological polar surface area (TPSA) is 126 Å². The first-order valence-corrected chi connectivity index (χ1v) is 13.0. The van der Waals surface area contributed by atoms with Crippen molar-refractivity contribution < 1.29 is 23.9 Å². The number of rotatable bonds is 11. The van der Waals surface area contributed by atoms with Crippen molar-refractivity contribution in [2.24, 2.45) is 0 Å². The maximum absolute atomic E-state index is 13.1. The fourth-order valence-corrected chi connectivity index (χ4v) is 4.42. The molecule has 0 spiro atoms. The zero-order valence-corrected chi connectivity index (χ0v) is 22.5. The van der Waals surface area contributed by atoms with Gasteiger partial charge in [-0.1, -0.05) is 19.8 Å². The number of aryl methyl sites for hydroxylation is 1. The maximum Gasteiger partial charge on any atom is 0.340 e. The molecule has 1 unspecified atom stereocenters. The van der Waals surface area contributed by atoms with Gasteiger partial charge in [-0.15, -0.1) is 0 Å². The van der Waals surface area contributed by atoms with E-state index in [0.717, 1.165) is 38.8 Å². The summed E-state index contributed by atoms with van der Waals surface area (Å²) in [5, 5.41) is 5.67. The minimum absolute atomic E-state index is 0.141. The van der Waals surface area contributed by atoms with Gasteiger partial charge in [-0.2, -0.15) is 0 Å². The number of nitrogens with zero attached hydrogens (tertiary/aromatic N) is 2. The zero-order chi connectivity index (χ0) is 26.9. The summed E-state index contributed by atoms with van der Waals surface area (Å²) in [4.78, 5) is 48.1. The van der Waals surface area contributed by atoms with Crippen LogP contribution in [-0.2, 0) is 9.53 Å². The lowest BCUT2D eigenvalue weighted by Gasteiger charge is -2.28. The van der Waals surface area contributed by atoms with Crippen molar-refractivity contribution in [1.82, 2.24) is 20.2 Å². The van der Waals surface area contributed by atoms with Crippen LogP contribution in [0.4, 0.5) is 5.69 Å². The van der Waals surface area contributed by atoms with Gasteiger partial charge in [-0.25, -0.2) is 9.78 Å². The normalized spacial score (nSPS) is 15.2. The molecule has 2 amide bonds. The highest BCUT2D eigenvalue weighted by molar-refractivity contribution is 6.03. The first kappa shape index (κ1) is 28.2. The summed E-state index contributed by atoms with van der Waals surface area (Å²) in [7, 11) is 2.10. The molecule has 1 aliphatic heterocycles. The molecule has 3 rings (SSSR count). The molecule has 10 nitrogen and oxygen atoms in total. The quantitative estimate of drug-likeness (QED) is 0.392. The van der Waals surface area contributed by atoms with E-state index in [0.29, 0.717) is 34.8 Å². The number of anilines is 1. The van der Waals surface area contributed by atoms with Crippen molar-refractivity contribution in [1.29, 1.82) is 0 Å². The third-order valence-corrected chi connectivity index (χ3v) is 6.57. The number of aromatic nitrogens is 2. The van der Waals surface area contributed by atoms with Gasteiger partial charge in [0.05, 0.1) is 24.1 Å². The molecule has 2 aromatic heterocycles. The molecule has 37 heavy (non-hydrogen) atoms. The zero-order valence-electron chi connectivity index (χ0n) is 22.5. The van der Waals surface area contributed by atoms with Gasteiger partial charge in [0.1, 0.15) is 17.8 Å². The number of carbonyl (C=O) groups is 3. The lowest BCUT2D eigenvalue weighted by atomic mass is 10.1. The van der Waals surface area contributed by atoms with Crippen LogP contribution in [0.25, 0.3) is 0 Å². The number of ether oxygens (including phenoxy) is 2. The van der Waals surface area contributed by atoms with E-state index in [9.17, 15) is 14.4 Å². The van der Waals surface area contributed by atoms with E-state index in [2.05, 4.69) is 32.5 Å². The standard InChI is InChI=1S/C27H39N5O5/c1-6-8-9-21(31-26(34)24-17(3)23(18(4)29-24)27(35)36-7-2)25(33)30-19-10-11-22(28-16-19)37-20-12-14-32(5)15-13-20/h10-11,16,20-21,29H,6-9,12-15H2,1-5H3,(H,30,33)(H,31,34). The summed E-state index contributed by atoms with van der Waals surface area (Å²) < 4.78 is 11.1. The number of aromatic amines is 1. The number of unbranched alkanes of at least 4 members (excludes halogenated alkanes) is 1. The van der Waals surface area contributed by atoms with Gasteiger partial charge >= 0.3 is 5.97 Å². The number of hydrogen-bond acceptors (Lipinski definition) is 7. The average molecular weight is 514 g/mol. The monoisotopic (exact) mass is 513 g/mol. The number of esters is 1. The smallest absolute Gasteiger partial charge is 0.340 e. The van der Waals surface area contributed by atoms with Gasteiger partial charge in [0, 0.05) is 24.8 Å². The first-order valence-electron chi connectivity index (χ1n) is 13.0. The SMILES string of the molecule is CCCCC(NC(=O)c1[nH]c(C)c(C(=O)OCC)c1C)C(=O)Nc1ccc(OC2CCN(C)CC2)nc1. The Bertz CT molecular complexity index is 1070. The second-order valence-corrected chi connectivity index (χ2v) is 9.51. The lowest BCUT2D eigenvalue weighted by Crippen LogP contribution is -2.44. The van der Waals surface area contributed by atoms with Crippen LogP contribution in [0.2, 0.25) is 0 Å². The Morgan fingerprint density at radius 2 is 1.92 bits per heavy atom. The Hall–Kier alpha value is -3.40. The Morgan fingerprint density at radius 3 is 2.54 bits per heavy atom.